The highest BCUT2D eigenvalue weighted by atomic mass is 79.9. The number of rotatable bonds is 8. The quantitative estimate of drug-likeness (QED) is 0.258. The average molecular weight is 540 g/mol. The molecule has 0 heterocycles. The van der Waals surface area contributed by atoms with Gasteiger partial charge in [-0.1, -0.05) is 41.4 Å². The monoisotopic (exact) mass is 538 g/mol. The van der Waals surface area contributed by atoms with E-state index in [2.05, 4.69) is 26.5 Å². The van der Waals surface area contributed by atoms with Crippen molar-refractivity contribution in [3.05, 3.63) is 91.6 Å². The van der Waals surface area contributed by atoms with Gasteiger partial charge in [0.05, 0.1) is 27.3 Å². The normalized spacial score (nSPS) is 10.9. The second-order valence-electron chi connectivity index (χ2n) is 6.47. The Morgan fingerprint density at radius 1 is 1.12 bits per heavy atom. The maximum absolute atomic E-state index is 13.9. The maximum atomic E-state index is 13.9. The summed E-state index contributed by atoms with van der Waals surface area (Å²) < 4.78 is 26.0. The molecule has 0 bridgehead atoms. The SMILES string of the molecule is CCOc1cc(/C=N\NC(=O)c2ccc(Cl)c(Cl)c2)cc(Br)c1OCc1ccccc1F. The molecule has 0 fully saturated rings. The van der Waals surface area contributed by atoms with Crippen LogP contribution in [0.4, 0.5) is 4.39 Å². The van der Waals surface area contributed by atoms with Crippen molar-refractivity contribution in [3.8, 4) is 11.5 Å². The van der Waals surface area contributed by atoms with E-state index >= 15 is 0 Å². The number of amides is 1. The minimum Gasteiger partial charge on any atom is -0.490 e. The molecule has 1 N–H and O–H groups in total. The molecule has 3 rings (SSSR count). The number of carbonyl (C=O) groups is 1. The van der Waals surface area contributed by atoms with Gasteiger partial charge in [0, 0.05) is 11.1 Å². The van der Waals surface area contributed by atoms with Crippen molar-refractivity contribution in [1.82, 2.24) is 5.43 Å². The van der Waals surface area contributed by atoms with Crippen molar-refractivity contribution in [2.45, 2.75) is 13.5 Å². The first-order chi connectivity index (χ1) is 15.4. The predicted octanol–water partition coefficient (Wildman–Crippen LogP) is 6.64. The minimum absolute atomic E-state index is 0.0402. The van der Waals surface area contributed by atoms with Crippen LogP contribution in [0.2, 0.25) is 10.0 Å². The Bertz CT molecular complexity index is 1160. The van der Waals surface area contributed by atoms with Crippen LogP contribution in [0.15, 0.2) is 64.2 Å². The van der Waals surface area contributed by atoms with Crippen LogP contribution in [-0.4, -0.2) is 18.7 Å². The third kappa shape index (κ3) is 6.22. The third-order valence-corrected chi connectivity index (χ3v) is 5.55. The molecule has 0 aliphatic heterocycles. The van der Waals surface area contributed by atoms with Gasteiger partial charge in [-0.25, -0.2) is 9.82 Å². The molecule has 3 aromatic carbocycles. The van der Waals surface area contributed by atoms with E-state index in [1.54, 1.807) is 36.4 Å². The molecule has 1 amide bonds. The lowest BCUT2D eigenvalue weighted by Crippen LogP contribution is -2.17. The van der Waals surface area contributed by atoms with E-state index in [1.165, 1.54) is 24.4 Å². The molecule has 0 atom stereocenters. The first-order valence-corrected chi connectivity index (χ1v) is 11.0. The van der Waals surface area contributed by atoms with Gasteiger partial charge >= 0.3 is 0 Å². The van der Waals surface area contributed by atoms with Crippen LogP contribution in [0, 0.1) is 5.82 Å². The molecule has 0 radical (unpaired) electrons. The molecular weight excluding hydrogens is 522 g/mol. The van der Waals surface area contributed by atoms with E-state index in [0.717, 1.165) is 0 Å². The Morgan fingerprint density at radius 3 is 2.62 bits per heavy atom. The summed E-state index contributed by atoms with van der Waals surface area (Å²) in [6, 6.07) is 14.4. The van der Waals surface area contributed by atoms with Gasteiger partial charge in [0.1, 0.15) is 12.4 Å². The van der Waals surface area contributed by atoms with Gasteiger partial charge in [0.15, 0.2) is 11.5 Å². The second-order valence-corrected chi connectivity index (χ2v) is 8.14. The summed E-state index contributed by atoms with van der Waals surface area (Å²) in [4.78, 5) is 12.2. The molecule has 0 unspecified atom stereocenters. The van der Waals surface area contributed by atoms with Crippen molar-refractivity contribution in [1.29, 1.82) is 0 Å². The minimum atomic E-state index is -0.436. The molecule has 0 aliphatic rings. The van der Waals surface area contributed by atoms with Crippen LogP contribution < -0.4 is 14.9 Å². The van der Waals surface area contributed by atoms with Crippen LogP contribution in [0.1, 0.15) is 28.4 Å². The fourth-order valence-corrected chi connectivity index (χ4v) is 3.57. The Kier molecular flexibility index (Phi) is 8.50. The molecule has 3 aromatic rings. The van der Waals surface area contributed by atoms with Crippen LogP contribution in [0.3, 0.4) is 0 Å². The summed E-state index contributed by atoms with van der Waals surface area (Å²) in [5, 5.41) is 4.62. The van der Waals surface area contributed by atoms with Crippen molar-refractivity contribution >= 4 is 51.3 Å². The predicted molar refractivity (Wildman–Crippen MR) is 128 cm³/mol. The third-order valence-electron chi connectivity index (χ3n) is 4.22. The van der Waals surface area contributed by atoms with Crippen LogP contribution >= 0.6 is 39.1 Å². The number of hydrogen-bond acceptors (Lipinski definition) is 4. The van der Waals surface area contributed by atoms with Crippen LogP contribution in [0.5, 0.6) is 11.5 Å². The fraction of sp³-hybridized carbons (Fsp3) is 0.130. The molecule has 32 heavy (non-hydrogen) atoms. The van der Waals surface area contributed by atoms with Gasteiger partial charge in [-0.3, -0.25) is 4.79 Å². The number of benzene rings is 3. The van der Waals surface area contributed by atoms with Crippen LogP contribution in [0.25, 0.3) is 0 Å². The largest absolute Gasteiger partial charge is 0.490 e. The Morgan fingerprint density at radius 2 is 1.91 bits per heavy atom. The van der Waals surface area contributed by atoms with Gasteiger partial charge in [0.2, 0.25) is 0 Å². The molecule has 0 spiro atoms. The molecule has 5 nitrogen and oxygen atoms in total. The fourth-order valence-electron chi connectivity index (χ4n) is 2.70. The van der Waals surface area contributed by atoms with Crippen LogP contribution in [-0.2, 0) is 6.61 Å². The standard InChI is InChI=1S/C23H18BrCl2FN2O3/c1-2-31-21-10-14(12-28-29-23(30)15-7-8-18(25)19(26)11-15)9-17(24)22(21)32-13-16-5-3-4-6-20(16)27/h3-12H,2,13H2,1H3,(H,29,30)/b28-12-. The average Bonchev–Trinajstić information content (AvgIpc) is 2.76. The van der Waals surface area contributed by atoms with Gasteiger partial charge < -0.3 is 9.47 Å². The zero-order valence-corrected chi connectivity index (χ0v) is 20.0. The molecule has 166 valence electrons. The zero-order chi connectivity index (χ0) is 23.1. The van der Waals surface area contributed by atoms with Gasteiger partial charge in [-0.05, 0) is 64.8 Å². The van der Waals surface area contributed by atoms with E-state index in [1.807, 2.05) is 6.92 Å². The van der Waals surface area contributed by atoms with E-state index < -0.39 is 5.91 Å². The highest BCUT2D eigenvalue weighted by Gasteiger charge is 2.13. The summed E-state index contributed by atoms with van der Waals surface area (Å²) in [6.45, 7) is 2.28. The van der Waals surface area contributed by atoms with Gasteiger partial charge in [-0.15, -0.1) is 0 Å². The van der Waals surface area contributed by atoms with Crippen molar-refractivity contribution in [3.63, 3.8) is 0 Å². The summed E-state index contributed by atoms with van der Waals surface area (Å²) in [5.74, 6) is 0.111. The molecule has 0 saturated carbocycles. The van der Waals surface area contributed by atoms with E-state index in [9.17, 15) is 9.18 Å². The Hall–Kier alpha value is -2.61. The highest BCUT2D eigenvalue weighted by molar-refractivity contribution is 9.10. The number of nitrogens with one attached hydrogen (secondary N) is 1. The number of hydrazone groups is 1. The van der Waals surface area contributed by atoms with Crippen molar-refractivity contribution in [2.75, 3.05) is 6.61 Å². The topological polar surface area (TPSA) is 59.9 Å². The zero-order valence-electron chi connectivity index (χ0n) is 16.9. The number of nitrogens with zero attached hydrogens (tertiary/aromatic N) is 1. The molecule has 9 heteroatoms. The first-order valence-electron chi connectivity index (χ1n) is 9.50. The summed E-state index contributed by atoms with van der Waals surface area (Å²) in [5.41, 5.74) is 3.83. The van der Waals surface area contributed by atoms with E-state index in [-0.39, 0.29) is 17.4 Å². The first kappa shape index (κ1) is 24.0. The number of hydrogen-bond donors (Lipinski definition) is 1. The van der Waals surface area contributed by atoms with E-state index in [4.69, 9.17) is 32.7 Å². The highest BCUT2D eigenvalue weighted by Crippen LogP contribution is 2.37. The van der Waals surface area contributed by atoms with E-state index in [0.29, 0.717) is 44.3 Å². The molecule has 0 saturated heterocycles. The van der Waals surface area contributed by atoms with Crippen molar-refractivity contribution in [2.24, 2.45) is 5.10 Å². The second kappa shape index (κ2) is 11.3. The number of ether oxygens (including phenoxy) is 2. The Balaban J connectivity index is 1.73. The summed E-state index contributed by atoms with van der Waals surface area (Å²) in [6.07, 6.45) is 1.46. The molecule has 0 aromatic heterocycles. The van der Waals surface area contributed by atoms with Crippen molar-refractivity contribution < 1.29 is 18.7 Å². The molecule has 0 aliphatic carbocycles. The lowest BCUT2D eigenvalue weighted by atomic mass is 10.2. The van der Waals surface area contributed by atoms with Gasteiger partial charge in [0.25, 0.3) is 5.91 Å². The lowest BCUT2D eigenvalue weighted by Gasteiger charge is -2.15. The summed E-state index contributed by atoms with van der Waals surface area (Å²) in [7, 11) is 0. The lowest BCUT2D eigenvalue weighted by molar-refractivity contribution is 0.0955. The number of halogens is 4. The number of carbonyl (C=O) groups excluding carboxylic acids is 1. The smallest absolute Gasteiger partial charge is 0.271 e. The van der Waals surface area contributed by atoms with Gasteiger partial charge in [-0.2, -0.15) is 5.10 Å². The summed E-state index contributed by atoms with van der Waals surface area (Å²) >= 11 is 15.3. The Labute approximate surface area is 203 Å². The maximum Gasteiger partial charge on any atom is 0.271 e. The molecular formula is C23H18BrCl2FN2O3.